The van der Waals surface area contributed by atoms with Crippen molar-refractivity contribution in [3.63, 3.8) is 0 Å². The molecule has 0 aromatic rings. The average Bonchev–Trinajstić information content (AvgIpc) is 2.21. The van der Waals surface area contributed by atoms with Gasteiger partial charge >= 0.3 is 5.97 Å². The van der Waals surface area contributed by atoms with Crippen molar-refractivity contribution in [2.45, 2.75) is 32.2 Å². The van der Waals surface area contributed by atoms with Crippen molar-refractivity contribution in [2.75, 3.05) is 6.54 Å². The number of carboxylic acids is 1. The van der Waals surface area contributed by atoms with Crippen LogP contribution in [0.2, 0.25) is 0 Å². The lowest BCUT2D eigenvalue weighted by atomic mass is 10.1. The highest BCUT2D eigenvalue weighted by Gasteiger charge is 2.14. The van der Waals surface area contributed by atoms with E-state index >= 15 is 0 Å². The molecule has 0 aromatic heterocycles. The zero-order valence-electron chi connectivity index (χ0n) is 8.66. The summed E-state index contributed by atoms with van der Waals surface area (Å²) in [6, 6.07) is -0.870. The van der Waals surface area contributed by atoms with Gasteiger partial charge in [0.05, 0.1) is 12.6 Å². The van der Waals surface area contributed by atoms with Crippen LogP contribution in [0.1, 0.15) is 26.2 Å². The van der Waals surface area contributed by atoms with Crippen LogP contribution in [0.3, 0.4) is 0 Å². The van der Waals surface area contributed by atoms with Crippen LogP contribution in [0.25, 0.3) is 0 Å². The summed E-state index contributed by atoms with van der Waals surface area (Å²) in [5.41, 5.74) is 5.41. The van der Waals surface area contributed by atoms with E-state index in [1.165, 1.54) is 0 Å². The van der Waals surface area contributed by atoms with Gasteiger partial charge in [-0.15, -0.1) is 0 Å². The molecule has 0 bridgehead atoms. The maximum Gasteiger partial charge on any atom is 0.303 e. The van der Waals surface area contributed by atoms with Crippen molar-refractivity contribution in [1.82, 2.24) is 5.32 Å². The summed E-state index contributed by atoms with van der Waals surface area (Å²) >= 11 is 0. The molecular formula is C9H16N2O4. The highest BCUT2D eigenvalue weighted by molar-refractivity contribution is 5.88. The van der Waals surface area contributed by atoms with Gasteiger partial charge in [-0.25, -0.2) is 0 Å². The molecule has 15 heavy (non-hydrogen) atoms. The second-order valence-electron chi connectivity index (χ2n) is 3.15. The first kappa shape index (κ1) is 13.6. The van der Waals surface area contributed by atoms with Crippen LogP contribution in [0.4, 0.5) is 0 Å². The first-order valence-corrected chi connectivity index (χ1v) is 4.74. The lowest BCUT2D eigenvalue weighted by Gasteiger charge is -2.09. The Morgan fingerprint density at radius 2 is 2.00 bits per heavy atom. The Morgan fingerprint density at radius 1 is 1.40 bits per heavy atom. The van der Waals surface area contributed by atoms with Crippen LogP contribution < -0.4 is 11.1 Å². The van der Waals surface area contributed by atoms with Gasteiger partial charge in [0.25, 0.3) is 0 Å². The Balaban J connectivity index is 3.79. The molecule has 6 heteroatoms. The number of carboxylic acid groups (broad SMARTS) is 1. The SMILES string of the molecule is CCC(=O)CNC(=O)[C@@H](N)CCC(=O)O. The maximum atomic E-state index is 11.2. The van der Waals surface area contributed by atoms with Gasteiger partial charge in [0, 0.05) is 12.8 Å². The molecule has 0 aliphatic rings. The van der Waals surface area contributed by atoms with Gasteiger partial charge in [-0.3, -0.25) is 14.4 Å². The molecule has 86 valence electrons. The van der Waals surface area contributed by atoms with Gasteiger partial charge in [0.1, 0.15) is 0 Å². The van der Waals surface area contributed by atoms with E-state index in [0.29, 0.717) is 6.42 Å². The predicted molar refractivity (Wildman–Crippen MR) is 53.2 cm³/mol. The molecule has 0 saturated heterocycles. The normalized spacial score (nSPS) is 11.9. The number of hydrogen-bond donors (Lipinski definition) is 3. The molecule has 0 heterocycles. The Hall–Kier alpha value is -1.43. The first-order chi connectivity index (χ1) is 6.97. The molecule has 0 unspecified atom stereocenters. The van der Waals surface area contributed by atoms with Crippen molar-refractivity contribution >= 4 is 17.7 Å². The predicted octanol–water partition coefficient (Wildman–Crippen LogP) is -0.726. The molecule has 0 aliphatic carbocycles. The molecule has 6 nitrogen and oxygen atoms in total. The van der Waals surface area contributed by atoms with E-state index in [1.54, 1.807) is 6.92 Å². The third-order valence-electron chi connectivity index (χ3n) is 1.86. The smallest absolute Gasteiger partial charge is 0.303 e. The lowest BCUT2D eigenvalue weighted by molar-refractivity contribution is -0.137. The molecule has 1 amide bonds. The first-order valence-electron chi connectivity index (χ1n) is 4.74. The van der Waals surface area contributed by atoms with E-state index in [2.05, 4.69) is 5.32 Å². The number of hydrogen-bond acceptors (Lipinski definition) is 4. The third kappa shape index (κ3) is 6.62. The minimum absolute atomic E-state index is 0.0455. The second kappa shape index (κ2) is 6.94. The number of rotatable bonds is 7. The van der Waals surface area contributed by atoms with Gasteiger partial charge in [0.15, 0.2) is 5.78 Å². The fraction of sp³-hybridized carbons (Fsp3) is 0.667. The number of aliphatic carboxylic acids is 1. The maximum absolute atomic E-state index is 11.2. The van der Waals surface area contributed by atoms with E-state index in [4.69, 9.17) is 10.8 Å². The Labute approximate surface area is 87.8 Å². The Morgan fingerprint density at radius 3 is 2.47 bits per heavy atom. The van der Waals surface area contributed by atoms with Crippen LogP contribution in [0.15, 0.2) is 0 Å². The van der Waals surface area contributed by atoms with E-state index in [0.717, 1.165) is 0 Å². The third-order valence-corrected chi connectivity index (χ3v) is 1.86. The van der Waals surface area contributed by atoms with E-state index < -0.39 is 17.9 Å². The van der Waals surface area contributed by atoms with Gasteiger partial charge in [-0.05, 0) is 6.42 Å². The second-order valence-corrected chi connectivity index (χ2v) is 3.15. The topological polar surface area (TPSA) is 109 Å². The zero-order valence-corrected chi connectivity index (χ0v) is 8.66. The van der Waals surface area contributed by atoms with Crippen molar-refractivity contribution in [3.05, 3.63) is 0 Å². The monoisotopic (exact) mass is 216 g/mol. The van der Waals surface area contributed by atoms with E-state index in [-0.39, 0.29) is 25.2 Å². The molecule has 0 radical (unpaired) electrons. The molecule has 0 fully saturated rings. The average molecular weight is 216 g/mol. The van der Waals surface area contributed by atoms with E-state index in [9.17, 15) is 14.4 Å². The number of nitrogens with one attached hydrogen (secondary N) is 1. The fourth-order valence-corrected chi connectivity index (χ4v) is 0.852. The Bertz CT molecular complexity index is 252. The molecule has 0 saturated carbocycles. The number of Topliss-reactive ketones (excluding diaryl/α,β-unsaturated/α-hetero) is 1. The van der Waals surface area contributed by atoms with Gasteiger partial charge in [-0.1, -0.05) is 6.92 Å². The summed E-state index contributed by atoms with van der Waals surface area (Å²) in [7, 11) is 0. The highest BCUT2D eigenvalue weighted by atomic mass is 16.4. The molecule has 0 rings (SSSR count). The quantitative estimate of drug-likeness (QED) is 0.520. The van der Waals surface area contributed by atoms with Crippen LogP contribution in [0, 0.1) is 0 Å². The van der Waals surface area contributed by atoms with E-state index in [1.807, 2.05) is 0 Å². The number of amides is 1. The summed E-state index contributed by atoms with van der Waals surface area (Å²) in [6.45, 7) is 1.65. The minimum atomic E-state index is -0.997. The number of carbonyl (C=O) groups excluding carboxylic acids is 2. The Kier molecular flexibility index (Phi) is 6.28. The molecule has 0 spiro atoms. The summed E-state index contributed by atoms with van der Waals surface area (Å²) in [5.74, 6) is -1.57. The van der Waals surface area contributed by atoms with Gasteiger partial charge < -0.3 is 16.2 Å². The van der Waals surface area contributed by atoms with Crippen molar-refractivity contribution in [3.8, 4) is 0 Å². The van der Waals surface area contributed by atoms with Gasteiger partial charge in [0.2, 0.25) is 5.91 Å². The highest BCUT2D eigenvalue weighted by Crippen LogP contribution is 1.94. The fourth-order valence-electron chi connectivity index (χ4n) is 0.852. The van der Waals surface area contributed by atoms with Crippen molar-refractivity contribution < 1.29 is 19.5 Å². The number of nitrogens with two attached hydrogens (primary N) is 1. The molecule has 0 aromatic carbocycles. The lowest BCUT2D eigenvalue weighted by Crippen LogP contribution is -2.42. The molecule has 4 N–H and O–H groups in total. The summed E-state index contributed by atoms with van der Waals surface area (Å²) in [6.07, 6.45) is 0.266. The molecule has 0 aliphatic heterocycles. The van der Waals surface area contributed by atoms with Crippen LogP contribution in [-0.4, -0.2) is 35.4 Å². The largest absolute Gasteiger partial charge is 0.481 e. The summed E-state index contributed by atoms with van der Waals surface area (Å²) in [5, 5.41) is 10.7. The van der Waals surface area contributed by atoms with Crippen molar-refractivity contribution in [1.29, 1.82) is 0 Å². The molecular weight excluding hydrogens is 200 g/mol. The number of ketones is 1. The standard InChI is InChI=1S/C9H16N2O4/c1-2-6(12)5-11-9(15)7(10)3-4-8(13)14/h7H,2-5,10H2,1H3,(H,11,15)(H,13,14)/t7-/m0/s1. The number of carbonyl (C=O) groups is 3. The van der Waals surface area contributed by atoms with Crippen LogP contribution in [-0.2, 0) is 14.4 Å². The molecule has 1 atom stereocenters. The zero-order chi connectivity index (χ0) is 11.8. The van der Waals surface area contributed by atoms with Gasteiger partial charge in [-0.2, -0.15) is 0 Å². The van der Waals surface area contributed by atoms with Crippen LogP contribution in [0.5, 0.6) is 0 Å². The minimum Gasteiger partial charge on any atom is -0.481 e. The van der Waals surface area contributed by atoms with Crippen LogP contribution >= 0.6 is 0 Å². The summed E-state index contributed by atoms with van der Waals surface area (Å²) in [4.78, 5) is 32.2. The van der Waals surface area contributed by atoms with Crippen molar-refractivity contribution in [2.24, 2.45) is 5.73 Å². The summed E-state index contributed by atoms with van der Waals surface area (Å²) < 4.78 is 0.